The van der Waals surface area contributed by atoms with Gasteiger partial charge in [0.1, 0.15) is 5.54 Å². The lowest BCUT2D eigenvalue weighted by atomic mass is 9.82. The van der Waals surface area contributed by atoms with Crippen LogP contribution in [0.2, 0.25) is 5.02 Å². The minimum Gasteiger partial charge on any atom is -0.334 e. The van der Waals surface area contributed by atoms with E-state index in [4.69, 9.17) is 11.6 Å². The van der Waals surface area contributed by atoms with Crippen LogP contribution in [0.25, 0.3) is 0 Å². The van der Waals surface area contributed by atoms with Crippen molar-refractivity contribution >= 4 is 23.2 Å². The van der Waals surface area contributed by atoms with Crippen LogP contribution in [0.1, 0.15) is 42.5 Å². The summed E-state index contributed by atoms with van der Waals surface area (Å²) in [6.45, 7) is 0. The third-order valence-corrected chi connectivity index (χ3v) is 3.99. The van der Waals surface area contributed by atoms with Crippen molar-refractivity contribution < 1.29 is 9.72 Å². The van der Waals surface area contributed by atoms with Gasteiger partial charge in [-0.2, -0.15) is 5.26 Å². The van der Waals surface area contributed by atoms with Gasteiger partial charge in [-0.05, 0) is 18.9 Å². The zero-order valence-corrected chi connectivity index (χ0v) is 12.0. The molecule has 0 aliphatic heterocycles. The number of rotatable bonds is 3. The minimum absolute atomic E-state index is 0.00518. The van der Waals surface area contributed by atoms with Crippen molar-refractivity contribution in [3.8, 4) is 6.07 Å². The van der Waals surface area contributed by atoms with Gasteiger partial charge in [-0.25, -0.2) is 0 Å². The summed E-state index contributed by atoms with van der Waals surface area (Å²) < 4.78 is 0. The van der Waals surface area contributed by atoms with Crippen LogP contribution < -0.4 is 5.32 Å². The first-order valence-electron chi connectivity index (χ1n) is 6.65. The van der Waals surface area contributed by atoms with Crippen LogP contribution in [-0.4, -0.2) is 16.4 Å². The predicted molar refractivity (Wildman–Crippen MR) is 77.0 cm³/mol. The second-order valence-electron chi connectivity index (χ2n) is 5.13. The summed E-state index contributed by atoms with van der Waals surface area (Å²) >= 11 is 5.93. The summed E-state index contributed by atoms with van der Waals surface area (Å²) in [4.78, 5) is 22.3. The maximum atomic E-state index is 12.3. The molecular formula is C14H14ClN3O3. The molecule has 0 bridgehead atoms. The number of benzene rings is 1. The van der Waals surface area contributed by atoms with Crippen molar-refractivity contribution in [2.24, 2.45) is 0 Å². The highest BCUT2D eigenvalue weighted by atomic mass is 35.5. The highest BCUT2D eigenvalue weighted by molar-refractivity contribution is 6.34. The summed E-state index contributed by atoms with van der Waals surface area (Å²) in [6, 6.07) is 5.85. The van der Waals surface area contributed by atoms with Gasteiger partial charge in [0, 0.05) is 12.1 Å². The van der Waals surface area contributed by atoms with E-state index in [0.717, 1.165) is 25.3 Å². The smallest absolute Gasteiger partial charge is 0.270 e. The van der Waals surface area contributed by atoms with Gasteiger partial charge in [-0.3, -0.25) is 14.9 Å². The maximum absolute atomic E-state index is 12.3. The number of hydrogen-bond donors (Lipinski definition) is 1. The van der Waals surface area contributed by atoms with Gasteiger partial charge in [0.15, 0.2) is 0 Å². The number of halogens is 1. The maximum Gasteiger partial charge on any atom is 0.270 e. The molecule has 0 spiro atoms. The Balaban J connectivity index is 2.20. The van der Waals surface area contributed by atoms with E-state index in [0.29, 0.717) is 12.8 Å². The first-order valence-corrected chi connectivity index (χ1v) is 7.03. The number of nitriles is 1. The van der Waals surface area contributed by atoms with Crippen LogP contribution in [-0.2, 0) is 0 Å². The van der Waals surface area contributed by atoms with Crippen molar-refractivity contribution in [3.05, 3.63) is 38.9 Å². The second kappa shape index (κ2) is 6.10. The van der Waals surface area contributed by atoms with E-state index in [2.05, 4.69) is 11.4 Å². The Morgan fingerprint density at radius 3 is 2.57 bits per heavy atom. The molecule has 21 heavy (non-hydrogen) atoms. The number of amides is 1. The van der Waals surface area contributed by atoms with E-state index >= 15 is 0 Å². The fourth-order valence-electron chi connectivity index (χ4n) is 2.51. The van der Waals surface area contributed by atoms with Crippen molar-refractivity contribution in [2.45, 2.75) is 37.6 Å². The van der Waals surface area contributed by atoms with Crippen LogP contribution in [0.4, 0.5) is 5.69 Å². The molecule has 6 nitrogen and oxygen atoms in total. The fraction of sp³-hybridized carbons (Fsp3) is 0.429. The molecule has 1 N–H and O–H groups in total. The van der Waals surface area contributed by atoms with Gasteiger partial charge in [0.05, 0.1) is 21.6 Å². The Bertz CT molecular complexity index is 618. The zero-order valence-electron chi connectivity index (χ0n) is 11.3. The van der Waals surface area contributed by atoms with Crippen molar-refractivity contribution in [3.63, 3.8) is 0 Å². The fourth-order valence-corrected chi connectivity index (χ4v) is 2.77. The van der Waals surface area contributed by atoms with Gasteiger partial charge in [-0.1, -0.05) is 30.9 Å². The molecule has 7 heteroatoms. The van der Waals surface area contributed by atoms with E-state index in [-0.39, 0.29) is 16.3 Å². The lowest BCUT2D eigenvalue weighted by Crippen LogP contribution is -2.48. The van der Waals surface area contributed by atoms with E-state index in [9.17, 15) is 20.2 Å². The Labute approximate surface area is 126 Å². The van der Waals surface area contributed by atoms with Gasteiger partial charge < -0.3 is 5.32 Å². The number of nitro groups is 1. The minimum atomic E-state index is -0.861. The Hall–Kier alpha value is -2.13. The summed E-state index contributed by atoms with van der Waals surface area (Å²) in [5.41, 5.74) is -0.896. The number of nitro benzene ring substituents is 1. The average Bonchev–Trinajstić information content (AvgIpc) is 2.47. The van der Waals surface area contributed by atoms with Crippen LogP contribution in [0.5, 0.6) is 0 Å². The molecule has 110 valence electrons. The number of nitrogens with zero attached hydrogens (tertiary/aromatic N) is 2. The Morgan fingerprint density at radius 1 is 1.38 bits per heavy atom. The molecule has 0 atom stereocenters. The molecular weight excluding hydrogens is 294 g/mol. The number of hydrogen-bond acceptors (Lipinski definition) is 4. The van der Waals surface area contributed by atoms with E-state index in [1.54, 1.807) is 0 Å². The molecule has 1 fully saturated rings. The molecule has 2 rings (SSSR count). The number of non-ortho nitro benzene ring substituents is 1. The molecule has 1 amide bonds. The predicted octanol–water partition coefficient (Wildman–Crippen LogP) is 3.20. The number of carbonyl (C=O) groups is 1. The van der Waals surface area contributed by atoms with Gasteiger partial charge >= 0.3 is 0 Å². The van der Waals surface area contributed by atoms with Crippen LogP contribution in [0.15, 0.2) is 18.2 Å². The number of carbonyl (C=O) groups excluding carboxylic acids is 1. The highest BCUT2D eigenvalue weighted by Crippen LogP contribution is 2.29. The van der Waals surface area contributed by atoms with Gasteiger partial charge in [0.2, 0.25) is 0 Å². The molecule has 1 aliphatic carbocycles. The van der Waals surface area contributed by atoms with E-state index in [1.165, 1.54) is 12.1 Å². The second-order valence-corrected chi connectivity index (χ2v) is 5.54. The molecule has 0 saturated heterocycles. The standard InChI is InChI=1S/C14H14ClN3O3/c15-12-8-10(18(20)21)4-5-11(12)13(19)17-14(9-16)6-2-1-3-7-14/h4-5,8H,1-3,6-7H2,(H,17,19). The summed E-state index contributed by atoms with van der Waals surface area (Å²) in [6.07, 6.45) is 4.06. The van der Waals surface area contributed by atoms with Gasteiger partial charge in [0.25, 0.3) is 11.6 Å². The van der Waals surface area contributed by atoms with Crippen molar-refractivity contribution in [1.82, 2.24) is 5.32 Å². The van der Waals surface area contributed by atoms with E-state index < -0.39 is 16.4 Å². The molecule has 1 saturated carbocycles. The van der Waals surface area contributed by atoms with Crippen LogP contribution in [0.3, 0.4) is 0 Å². The summed E-state index contributed by atoms with van der Waals surface area (Å²) in [7, 11) is 0. The molecule has 0 aromatic heterocycles. The molecule has 0 radical (unpaired) electrons. The summed E-state index contributed by atoms with van der Waals surface area (Å²) in [5.74, 6) is -0.474. The monoisotopic (exact) mass is 307 g/mol. The Morgan fingerprint density at radius 2 is 2.05 bits per heavy atom. The topological polar surface area (TPSA) is 96.0 Å². The molecule has 1 aromatic rings. The lowest BCUT2D eigenvalue weighted by molar-refractivity contribution is -0.384. The quantitative estimate of drug-likeness (QED) is 0.685. The molecule has 1 aromatic carbocycles. The Kier molecular flexibility index (Phi) is 4.43. The zero-order chi connectivity index (χ0) is 15.5. The first-order chi connectivity index (χ1) is 9.97. The molecule has 0 heterocycles. The van der Waals surface area contributed by atoms with Gasteiger partial charge in [-0.15, -0.1) is 0 Å². The number of nitrogens with one attached hydrogen (secondary N) is 1. The van der Waals surface area contributed by atoms with Crippen molar-refractivity contribution in [1.29, 1.82) is 5.26 Å². The first kappa shape index (κ1) is 15.3. The third-order valence-electron chi connectivity index (χ3n) is 3.68. The van der Waals surface area contributed by atoms with Crippen LogP contribution in [0, 0.1) is 21.4 Å². The largest absolute Gasteiger partial charge is 0.334 e. The highest BCUT2D eigenvalue weighted by Gasteiger charge is 2.34. The van der Waals surface area contributed by atoms with E-state index in [1.807, 2.05) is 0 Å². The van der Waals surface area contributed by atoms with Crippen molar-refractivity contribution in [2.75, 3.05) is 0 Å². The lowest BCUT2D eigenvalue weighted by Gasteiger charge is -2.31. The molecule has 0 unspecified atom stereocenters. The normalized spacial score (nSPS) is 16.8. The molecule has 1 aliphatic rings. The van der Waals surface area contributed by atoms with Crippen LogP contribution >= 0.6 is 11.6 Å². The summed E-state index contributed by atoms with van der Waals surface area (Å²) in [5, 5.41) is 22.7. The third kappa shape index (κ3) is 3.31. The average molecular weight is 308 g/mol. The SMILES string of the molecule is N#CC1(NC(=O)c2ccc([N+](=O)[O-])cc2Cl)CCCCC1.